The van der Waals surface area contributed by atoms with Gasteiger partial charge in [0.15, 0.2) is 0 Å². The predicted octanol–water partition coefficient (Wildman–Crippen LogP) is 1.87. The summed E-state index contributed by atoms with van der Waals surface area (Å²) in [6, 6.07) is 9.78. The maximum absolute atomic E-state index is 5.33. The van der Waals surface area contributed by atoms with E-state index in [2.05, 4.69) is 20.4 Å². The van der Waals surface area contributed by atoms with E-state index in [1.54, 1.807) is 0 Å². The highest BCUT2D eigenvalue weighted by molar-refractivity contribution is 5.53. The molecule has 6 nitrogen and oxygen atoms in total. The first-order chi connectivity index (χ1) is 10.4. The average Bonchev–Trinajstić information content (AvgIpc) is 3.02. The van der Waals surface area contributed by atoms with Crippen LogP contribution in [0.25, 0.3) is 11.5 Å². The van der Waals surface area contributed by atoms with Crippen LogP contribution < -0.4 is 5.32 Å². The molecule has 2 heterocycles. The molecule has 1 aromatic carbocycles. The van der Waals surface area contributed by atoms with Gasteiger partial charge in [-0.3, -0.25) is 4.90 Å². The molecule has 2 aromatic rings. The summed E-state index contributed by atoms with van der Waals surface area (Å²) in [4.78, 5) is 6.76. The fourth-order valence-corrected chi connectivity index (χ4v) is 2.32. The van der Waals surface area contributed by atoms with Crippen LogP contribution in [-0.2, 0) is 4.74 Å². The number of nitrogens with one attached hydrogen (secondary N) is 1. The van der Waals surface area contributed by atoms with Crippen molar-refractivity contribution in [3.05, 3.63) is 30.3 Å². The van der Waals surface area contributed by atoms with Crippen molar-refractivity contribution in [3.8, 4) is 11.5 Å². The van der Waals surface area contributed by atoms with E-state index in [0.29, 0.717) is 11.8 Å². The number of hydrogen-bond acceptors (Lipinski definition) is 6. The molecule has 0 atom stereocenters. The summed E-state index contributed by atoms with van der Waals surface area (Å²) in [5.41, 5.74) is 0.936. The minimum Gasteiger partial charge on any atom is -0.379 e. The molecule has 0 bridgehead atoms. The zero-order valence-electron chi connectivity index (χ0n) is 12.0. The highest BCUT2D eigenvalue weighted by Crippen LogP contribution is 2.17. The quantitative estimate of drug-likeness (QED) is 0.819. The van der Waals surface area contributed by atoms with Crippen molar-refractivity contribution in [2.45, 2.75) is 6.42 Å². The van der Waals surface area contributed by atoms with Crippen LogP contribution in [0.3, 0.4) is 0 Å². The van der Waals surface area contributed by atoms with Gasteiger partial charge in [-0.05, 0) is 30.3 Å². The lowest BCUT2D eigenvalue weighted by Crippen LogP contribution is -2.37. The first-order valence-electron chi connectivity index (χ1n) is 7.35. The maximum Gasteiger partial charge on any atom is 0.263 e. The Hall–Kier alpha value is -1.92. The number of ether oxygens (including phenoxy) is 1. The number of aromatic nitrogens is 2. The maximum atomic E-state index is 5.33. The summed E-state index contributed by atoms with van der Waals surface area (Å²) >= 11 is 0. The summed E-state index contributed by atoms with van der Waals surface area (Å²) in [7, 11) is 0. The molecule has 112 valence electrons. The first-order valence-corrected chi connectivity index (χ1v) is 7.35. The highest BCUT2D eigenvalue weighted by atomic mass is 16.5. The van der Waals surface area contributed by atoms with E-state index >= 15 is 0 Å². The van der Waals surface area contributed by atoms with Gasteiger partial charge < -0.3 is 14.6 Å². The van der Waals surface area contributed by atoms with Gasteiger partial charge in [-0.25, -0.2) is 0 Å². The topological polar surface area (TPSA) is 63.4 Å². The number of benzene rings is 1. The third kappa shape index (κ3) is 4.03. The summed E-state index contributed by atoms with van der Waals surface area (Å²) in [6.45, 7) is 5.66. The molecule has 21 heavy (non-hydrogen) atoms. The second-order valence-electron chi connectivity index (χ2n) is 5.02. The van der Waals surface area contributed by atoms with E-state index in [1.165, 1.54) is 0 Å². The standard InChI is InChI=1S/C15H20N4O2/c1-2-5-13(6-3-1)14-17-15(18-21-14)16-7-4-8-19-9-11-20-12-10-19/h1-3,5-6H,4,7-12H2,(H,16,18). The van der Waals surface area contributed by atoms with Gasteiger partial charge >= 0.3 is 0 Å². The molecule has 6 heteroatoms. The lowest BCUT2D eigenvalue weighted by atomic mass is 10.2. The Kier molecular flexibility index (Phi) is 4.81. The molecule has 0 unspecified atom stereocenters. The van der Waals surface area contributed by atoms with E-state index in [0.717, 1.165) is 51.4 Å². The molecule has 1 aliphatic heterocycles. The van der Waals surface area contributed by atoms with Gasteiger partial charge in [-0.2, -0.15) is 4.98 Å². The number of morpholine rings is 1. The van der Waals surface area contributed by atoms with E-state index < -0.39 is 0 Å². The van der Waals surface area contributed by atoms with Crippen molar-refractivity contribution in [3.63, 3.8) is 0 Å². The fraction of sp³-hybridized carbons (Fsp3) is 0.467. The Labute approximate surface area is 124 Å². The van der Waals surface area contributed by atoms with Gasteiger partial charge in [0.25, 0.3) is 11.8 Å². The Balaban J connectivity index is 1.42. The van der Waals surface area contributed by atoms with Crippen LogP contribution >= 0.6 is 0 Å². The van der Waals surface area contributed by atoms with Crippen LogP contribution in [0.2, 0.25) is 0 Å². The highest BCUT2D eigenvalue weighted by Gasteiger charge is 2.10. The van der Waals surface area contributed by atoms with E-state index in [1.807, 2.05) is 30.3 Å². The normalized spacial score (nSPS) is 16.0. The molecular formula is C15H20N4O2. The summed E-state index contributed by atoms with van der Waals surface area (Å²) < 4.78 is 10.6. The number of anilines is 1. The zero-order chi connectivity index (χ0) is 14.3. The first kappa shape index (κ1) is 14.0. The molecule has 0 radical (unpaired) electrons. The molecule has 3 rings (SSSR count). The van der Waals surface area contributed by atoms with Crippen LogP contribution in [0.5, 0.6) is 0 Å². The molecule has 1 N–H and O–H groups in total. The van der Waals surface area contributed by atoms with Crippen molar-refractivity contribution < 1.29 is 9.26 Å². The van der Waals surface area contributed by atoms with Crippen molar-refractivity contribution in [1.82, 2.24) is 15.0 Å². The zero-order valence-corrected chi connectivity index (χ0v) is 12.0. The molecule has 1 fully saturated rings. The van der Waals surface area contributed by atoms with Crippen LogP contribution in [0.4, 0.5) is 5.95 Å². The van der Waals surface area contributed by atoms with E-state index in [-0.39, 0.29) is 0 Å². The number of hydrogen-bond donors (Lipinski definition) is 1. The predicted molar refractivity (Wildman–Crippen MR) is 80.1 cm³/mol. The monoisotopic (exact) mass is 288 g/mol. The van der Waals surface area contributed by atoms with Gasteiger partial charge in [-0.15, -0.1) is 0 Å². The largest absolute Gasteiger partial charge is 0.379 e. The lowest BCUT2D eigenvalue weighted by molar-refractivity contribution is 0.0378. The fourth-order valence-electron chi connectivity index (χ4n) is 2.32. The van der Waals surface area contributed by atoms with Gasteiger partial charge in [0.2, 0.25) is 0 Å². The molecule has 0 saturated carbocycles. The Morgan fingerprint density at radius 1 is 1.14 bits per heavy atom. The van der Waals surface area contributed by atoms with Crippen LogP contribution in [0.1, 0.15) is 6.42 Å². The van der Waals surface area contributed by atoms with E-state index in [9.17, 15) is 0 Å². The molecule has 0 spiro atoms. The molecule has 0 aliphatic carbocycles. The number of nitrogens with zero attached hydrogens (tertiary/aromatic N) is 3. The molecule has 1 aromatic heterocycles. The minimum atomic E-state index is 0.547. The molecule has 1 aliphatic rings. The molecule has 1 saturated heterocycles. The Morgan fingerprint density at radius 3 is 2.76 bits per heavy atom. The van der Waals surface area contributed by atoms with Crippen molar-refractivity contribution >= 4 is 5.95 Å². The van der Waals surface area contributed by atoms with Gasteiger partial charge in [0.05, 0.1) is 13.2 Å². The van der Waals surface area contributed by atoms with Crippen molar-refractivity contribution in [2.24, 2.45) is 0 Å². The lowest BCUT2D eigenvalue weighted by Gasteiger charge is -2.26. The number of rotatable bonds is 6. The third-order valence-electron chi connectivity index (χ3n) is 3.48. The third-order valence-corrected chi connectivity index (χ3v) is 3.48. The van der Waals surface area contributed by atoms with Crippen LogP contribution in [0.15, 0.2) is 34.9 Å². The minimum absolute atomic E-state index is 0.547. The van der Waals surface area contributed by atoms with Crippen LogP contribution in [-0.4, -0.2) is 54.4 Å². The van der Waals surface area contributed by atoms with Crippen LogP contribution in [0, 0.1) is 0 Å². The van der Waals surface area contributed by atoms with Gasteiger partial charge in [-0.1, -0.05) is 18.2 Å². The van der Waals surface area contributed by atoms with Crippen molar-refractivity contribution in [2.75, 3.05) is 44.7 Å². The van der Waals surface area contributed by atoms with Crippen molar-refractivity contribution in [1.29, 1.82) is 0 Å². The summed E-state index contributed by atoms with van der Waals surface area (Å²) in [6.07, 6.45) is 1.05. The van der Waals surface area contributed by atoms with Gasteiger partial charge in [0, 0.05) is 25.2 Å². The Bertz CT molecular complexity index is 538. The summed E-state index contributed by atoms with van der Waals surface area (Å²) in [5, 5.41) is 7.15. The Morgan fingerprint density at radius 2 is 1.95 bits per heavy atom. The second kappa shape index (κ2) is 7.19. The average molecular weight is 288 g/mol. The van der Waals surface area contributed by atoms with Gasteiger partial charge in [0.1, 0.15) is 0 Å². The molecular weight excluding hydrogens is 268 g/mol. The second-order valence-corrected chi connectivity index (χ2v) is 5.02. The smallest absolute Gasteiger partial charge is 0.263 e. The SMILES string of the molecule is c1ccc(-c2nc(NCCCN3CCOCC3)no2)cc1. The van der Waals surface area contributed by atoms with E-state index in [4.69, 9.17) is 9.26 Å². The molecule has 0 amide bonds. The summed E-state index contributed by atoms with van der Waals surface area (Å²) in [5.74, 6) is 1.10.